The first kappa shape index (κ1) is 20.3. The van der Waals surface area contributed by atoms with E-state index in [4.69, 9.17) is 4.74 Å². The second kappa shape index (κ2) is 8.30. The van der Waals surface area contributed by atoms with Crippen LogP contribution in [0.5, 0.6) is 0 Å². The predicted octanol–water partition coefficient (Wildman–Crippen LogP) is 1.97. The van der Waals surface area contributed by atoms with E-state index in [2.05, 4.69) is 17.6 Å². The number of ether oxygens (including phenoxy) is 1. The van der Waals surface area contributed by atoms with Crippen molar-refractivity contribution in [1.82, 2.24) is 15.5 Å². The van der Waals surface area contributed by atoms with Gasteiger partial charge in [0.1, 0.15) is 12.1 Å². The van der Waals surface area contributed by atoms with Gasteiger partial charge < -0.3 is 15.4 Å². The topological polar surface area (TPSA) is 105 Å². The fourth-order valence-electron chi connectivity index (χ4n) is 3.63. The molecule has 9 heteroatoms. The number of imide groups is 1. The molecular formula is C19H25N3O5S. The Bertz CT molecular complexity index is 756. The minimum atomic E-state index is -0.891. The highest BCUT2D eigenvalue weighted by atomic mass is 32.1. The molecule has 4 amide bonds. The number of esters is 1. The summed E-state index contributed by atoms with van der Waals surface area (Å²) >= 11 is 1.52. The third-order valence-electron chi connectivity index (χ3n) is 5.37. The van der Waals surface area contributed by atoms with Gasteiger partial charge in [-0.3, -0.25) is 19.3 Å². The second-order valence-electron chi connectivity index (χ2n) is 7.55. The van der Waals surface area contributed by atoms with Crippen molar-refractivity contribution < 1.29 is 23.9 Å². The molecule has 2 heterocycles. The first-order valence-electron chi connectivity index (χ1n) is 9.43. The molecular weight excluding hydrogens is 382 g/mol. The van der Waals surface area contributed by atoms with E-state index in [0.717, 1.165) is 22.6 Å². The number of nitrogens with zero attached hydrogens (tertiary/aromatic N) is 1. The summed E-state index contributed by atoms with van der Waals surface area (Å²) < 4.78 is 4.95. The molecule has 152 valence electrons. The Morgan fingerprint density at radius 1 is 1.39 bits per heavy atom. The maximum atomic E-state index is 12.7. The van der Waals surface area contributed by atoms with E-state index in [9.17, 15) is 19.2 Å². The zero-order valence-corrected chi connectivity index (χ0v) is 16.8. The SMILES string of the molecule is CC1CCC2(CC1)NC(=O)N(CC(=O)OCC(=O)N[C@H](C)c1cccs1)C2=O. The van der Waals surface area contributed by atoms with Gasteiger partial charge in [0.2, 0.25) is 0 Å². The van der Waals surface area contributed by atoms with Gasteiger partial charge in [0.25, 0.3) is 11.8 Å². The van der Waals surface area contributed by atoms with Crippen LogP contribution in [0, 0.1) is 5.92 Å². The highest BCUT2D eigenvalue weighted by molar-refractivity contribution is 7.10. The summed E-state index contributed by atoms with van der Waals surface area (Å²) in [6.45, 7) is 3.01. The van der Waals surface area contributed by atoms with Crippen LogP contribution >= 0.6 is 11.3 Å². The quantitative estimate of drug-likeness (QED) is 0.554. The highest BCUT2D eigenvalue weighted by Gasteiger charge is 2.52. The van der Waals surface area contributed by atoms with Crippen LogP contribution in [0.3, 0.4) is 0 Å². The van der Waals surface area contributed by atoms with E-state index in [-0.39, 0.29) is 11.9 Å². The molecule has 0 unspecified atom stereocenters. The number of carbonyl (C=O) groups excluding carboxylic acids is 4. The van der Waals surface area contributed by atoms with Crippen molar-refractivity contribution in [1.29, 1.82) is 0 Å². The predicted molar refractivity (Wildman–Crippen MR) is 102 cm³/mol. The van der Waals surface area contributed by atoms with Crippen LogP contribution in [0.15, 0.2) is 17.5 Å². The van der Waals surface area contributed by atoms with Gasteiger partial charge >= 0.3 is 12.0 Å². The molecule has 1 atom stereocenters. The van der Waals surface area contributed by atoms with E-state index >= 15 is 0 Å². The minimum Gasteiger partial charge on any atom is -0.454 e. The van der Waals surface area contributed by atoms with E-state index in [1.807, 2.05) is 24.4 Å². The molecule has 2 fully saturated rings. The molecule has 3 rings (SSSR count). The maximum Gasteiger partial charge on any atom is 0.326 e. The van der Waals surface area contributed by atoms with E-state index in [0.29, 0.717) is 18.8 Å². The molecule has 28 heavy (non-hydrogen) atoms. The summed E-state index contributed by atoms with van der Waals surface area (Å²) in [5, 5.41) is 7.40. The van der Waals surface area contributed by atoms with E-state index in [1.165, 1.54) is 11.3 Å². The van der Waals surface area contributed by atoms with Crippen molar-refractivity contribution >= 4 is 35.2 Å². The third kappa shape index (κ3) is 4.35. The van der Waals surface area contributed by atoms with E-state index in [1.54, 1.807) is 0 Å². The smallest absolute Gasteiger partial charge is 0.326 e. The maximum absolute atomic E-state index is 12.7. The number of rotatable bonds is 6. The second-order valence-corrected chi connectivity index (χ2v) is 8.53. The van der Waals surface area contributed by atoms with Gasteiger partial charge in [0, 0.05) is 4.88 Å². The van der Waals surface area contributed by atoms with Crippen LogP contribution in [0.4, 0.5) is 4.79 Å². The average Bonchev–Trinajstić information content (AvgIpc) is 3.27. The molecule has 1 aliphatic carbocycles. The monoisotopic (exact) mass is 407 g/mol. The van der Waals surface area contributed by atoms with Crippen LogP contribution in [0.2, 0.25) is 0 Å². The number of nitrogens with one attached hydrogen (secondary N) is 2. The zero-order chi connectivity index (χ0) is 20.3. The summed E-state index contributed by atoms with van der Waals surface area (Å²) in [6, 6.07) is 3.03. The fraction of sp³-hybridized carbons (Fsp3) is 0.579. The Labute approximate surface area is 167 Å². The Balaban J connectivity index is 1.47. The van der Waals surface area contributed by atoms with Gasteiger partial charge in [-0.25, -0.2) is 4.79 Å². The van der Waals surface area contributed by atoms with Crippen LogP contribution < -0.4 is 10.6 Å². The van der Waals surface area contributed by atoms with Crippen LogP contribution in [-0.4, -0.2) is 47.4 Å². The van der Waals surface area contributed by atoms with Gasteiger partial charge in [-0.2, -0.15) is 0 Å². The first-order valence-corrected chi connectivity index (χ1v) is 10.3. The van der Waals surface area contributed by atoms with Crippen LogP contribution in [-0.2, 0) is 19.1 Å². The number of amides is 4. The molecule has 1 spiro atoms. The summed E-state index contributed by atoms with van der Waals surface area (Å²) in [6.07, 6.45) is 2.86. The van der Waals surface area contributed by atoms with Gasteiger partial charge in [0.15, 0.2) is 6.61 Å². The number of urea groups is 1. The van der Waals surface area contributed by atoms with Gasteiger partial charge in [-0.05, 0) is 50.0 Å². The summed E-state index contributed by atoms with van der Waals surface area (Å²) in [5.74, 6) is -1.09. The zero-order valence-electron chi connectivity index (χ0n) is 16.0. The van der Waals surface area contributed by atoms with Crippen molar-refractivity contribution in [3.63, 3.8) is 0 Å². The largest absolute Gasteiger partial charge is 0.454 e. The Morgan fingerprint density at radius 3 is 2.75 bits per heavy atom. The number of hydrogen-bond acceptors (Lipinski definition) is 6. The molecule has 1 saturated carbocycles. The molecule has 0 aromatic carbocycles. The summed E-state index contributed by atoms with van der Waals surface area (Å²) in [4.78, 5) is 50.8. The van der Waals surface area contributed by atoms with Crippen molar-refractivity contribution in [3.05, 3.63) is 22.4 Å². The minimum absolute atomic E-state index is 0.189. The molecule has 8 nitrogen and oxygen atoms in total. The lowest BCUT2D eigenvalue weighted by Gasteiger charge is -2.33. The lowest BCUT2D eigenvalue weighted by Crippen LogP contribution is -2.49. The summed E-state index contributed by atoms with van der Waals surface area (Å²) in [5.41, 5.74) is -0.891. The Kier molecular flexibility index (Phi) is 6.02. The number of thiophene rings is 1. The molecule has 2 N–H and O–H groups in total. The van der Waals surface area contributed by atoms with Gasteiger partial charge in [0.05, 0.1) is 6.04 Å². The standard InChI is InChI=1S/C19H25N3O5S/c1-12-5-7-19(8-6-12)17(25)22(18(26)21-19)10-16(24)27-11-15(23)20-13(2)14-4-3-9-28-14/h3-4,9,12-13H,5-8,10-11H2,1-2H3,(H,20,23)(H,21,26)/t12?,13-,19?/m1/s1. The molecule has 1 aliphatic heterocycles. The fourth-order valence-corrected chi connectivity index (χ4v) is 4.36. The van der Waals surface area contributed by atoms with Crippen LogP contribution in [0.25, 0.3) is 0 Å². The highest BCUT2D eigenvalue weighted by Crippen LogP contribution is 2.36. The Morgan fingerprint density at radius 2 is 2.11 bits per heavy atom. The van der Waals surface area contributed by atoms with E-state index < -0.39 is 36.6 Å². The number of hydrogen-bond donors (Lipinski definition) is 2. The third-order valence-corrected chi connectivity index (χ3v) is 6.43. The van der Waals surface area contributed by atoms with Gasteiger partial charge in [-0.15, -0.1) is 11.3 Å². The molecule has 0 bridgehead atoms. The normalized spacial score (nSPS) is 25.5. The molecule has 0 radical (unpaired) electrons. The number of carbonyl (C=O) groups is 4. The van der Waals surface area contributed by atoms with Gasteiger partial charge in [-0.1, -0.05) is 13.0 Å². The summed E-state index contributed by atoms with van der Waals surface area (Å²) in [7, 11) is 0. The Hall–Kier alpha value is -2.42. The van der Waals surface area contributed by atoms with Crippen molar-refractivity contribution in [3.8, 4) is 0 Å². The van der Waals surface area contributed by atoms with Crippen molar-refractivity contribution in [2.24, 2.45) is 5.92 Å². The van der Waals surface area contributed by atoms with Crippen molar-refractivity contribution in [2.45, 2.75) is 51.1 Å². The molecule has 1 aromatic heterocycles. The lowest BCUT2D eigenvalue weighted by atomic mass is 9.77. The lowest BCUT2D eigenvalue weighted by molar-refractivity contribution is -0.151. The first-order chi connectivity index (χ1) is 13.3. The molecule has 1 saturated heterocycles. The van der Waals surface area contributed by atoms with Crippen molar-refractivity contribution in [2.75, 3.05) is 13.2 Å². The molecule has 1 aromatic rings. The molecule has 2 aliphatic rings. The van der Waals surface area contributed by atoms with Crippen LogP contribution in [0.1, 0.15) is 50.4 Å². The average molecular weight is 407 g/mol.